The molecule has 0 amide bonds. The van der Waals surface area contributed by atoms with Gasteiger partial charge in [0.05, 0.1) is 66.3 Å². The Bertz CT molecular complexity index is 4790. The molecule has 0 radical (unpaired) electrons. The van der Waals surface area contributed by atoms with E-state index < -0.39 is 109 Å². The van der Waals surface area contributed by atoms with E-state index in [1.165, 1.54) is 0 Å². The van der Waals surface area contributed by atoms with Gasteiger partial charge in [0.1, 0.15) is 0 Å². The van der Waals surface area contributed by atoms with Gasteiger partial charge in [-0.3, -0.25) is 9.13 Å². The predicted octanol–water partition coefficient (Wildman–Crippen LogP) is 14.9. The van der Waals surface area contributed by atoms with E-state index in [4.69, 9.17) is 25.9 Å². The Morgan fingerprint density at radius 1 is 0.375 bits per heavy atom. The maximum Gasteiger partial charge on any atom is 0.240 e. The molecule has 0 atom stereocenters. The number of fused-ring (bicyclic) bond motifs is 12. The molecule has 0 fully saturated rings. The van der Waals surface area contributed by atoms with E-state index in [1.807, 2.05) is 102 Å². The highest BCUT2D eigenvalue weighted by Gasteiger charge is 2.25. The third-order valence-electron chi connectivity index (χ3n) is 11.9. The van der Waals surface area contributed by atoms with E-state index in [0.29, 0.717) is 22.4 Å². The highest BCUT2D eigenvalue weighted by molar-refractivity contribution is 7.25. The van der Waals surface area contributed by atoms with Crippen LogP contribution in [0.2, 0.25) is 0 Å². The molecule has 0 aliphatic carbocycles. The third kappa shape index (κ3) is 5.04. The van der Waals surface area contributed by atoms with Crippen molar-refractivity contribution in [2.75, 3.05) is 0 Å². The third-order valence-corrected chi connectivity index (χ3v) is 13.0. The van der Waals surface area contributed by atoms with Crippen LogP contribution in [-0.4, -0.2) is 28.7 Å². The molecule has 0 spiro atoms. The summed E-state index contributed by atoms with van der Waals surface area (Å²) in [5, 5.41) is 2.80. The standard InChI is InChI=1S/C57H34N6S/c1-8-24-45-37(16-1)38-17-2-9-25-46(38)61(45)51-30-15-23-36(35-32-33-44-43-22-7-14-31-52(43)64-53(44)34-35)54(51)55-58-56(62-47-26-10-3-18-39(47)40-19-4-11-27-48(40)62)60-57(59-55)63-49-28-12-5-20-41(49)42-21-6-13-29-50(42)63/h1-34H/i3D,4D,5D,6D,10D,11D,12D,13D,18D,19D,20D,21D,26D,27D,28D,29D. The van der Waals surface area contributed by atoms with E-state index in [1.54, 1.807) is 11.3 Å². The lowest BCUT2D eigenvalue weighted by Crippen LogP contribution is -2.11. The lowest BCUT2D eigenvalue weighted by Gasteiger charge is -2.19. The van der Waals surface area contributed by atoms with Gasteiger partial charge >= 0.3 is 0 Å². The zero-order valence-corrected chi connectivity index (χ0v) is 33.8. The maximum atomic E-state index is 9.47. The topological polar surface area (TPSA) is 53.5 Å². The summed E-state index contributed by atoms with van der Waals surface area (Å²) < 4.78 is 152. The van der Waals surface area contributed by atoms with Gasteiger partial charge < -0.3 is 4.57 Å². The highest BCUT2D eigenvalue weighted by Crippen LogP contribution is 2.44. The van der Waals surface area contributed by atoms with Crippen LogP contribution < -0.4 is 0 Å². The van der Waals surface area contributed by atoms with Gasteiger partial charge in [-0.2, -0.15) is 15.0 Å². The summed E-state index contributed by atoms with van der Waals surface area (Å²) in [4.78, 5) is 15.4. The summed E-state index contributed by atoms with van der Waals surface area (Å²) in [6, 6.07) is 24.8. The Morgan fingerprint density at radius 3 is 1.42 bits per heavy atom. The molecule has 5 aromatic heterocycles. The summed E-state index contributed by atoms with van der Waals surface area (Å²) in [6.07, 6.45) is 0. The first-order valence-electron chi connectivity index (χ1n) is 28.2. The molecule has 298 valence electrons. The number of thiophene rings is 1. The van der Waals surface area contributed by atoms with E-state index in [2.05, 4.69) is 12.1 Å². The monoisotopic (exact) mass is 850 g/mol. The summed E-state index contributed by atoms with van der Waals surface area (Å²) in [5.74, 6) is -1.14. The Hall–Kier alpha value is -8.39. The van der Waals surface area contributed by atoms with Gasteiger partial charge in [-0.1, -0.05) is 151 Å². The fourth-order valence-electron chi connectivity index (χ4n) is 9.18. The van der Waals surface area contributed by atoms with Crippen molar-refractivity contribution in [2.24, 2.45) is 0 Å². The van der Waals surface area contributed by atoms with E-state index >= 15 is 0 Å². The van der Waals surface area contributed by atoms with Crippen LogP contribution in [0.3, 0.4) is 0 Å². The minimum atomic E-state index is -0.707. The van der Waals surface area contributed by atoms with Gasteiger partial charge in [-0.15, -0.1) is 11.3 Å². The van der Waals surface area contributed by atoms with Crippen molar-refractivity contribution < 1.29 is 21.9 Å². The number of benzene rings is 9. The van der Waals surface area contributed by atoms with Crippen LogP contribution in [0, 0.1) is 0 Å². The van der Waals surface area contributed by atoms with Crippen LogP contribution in [0.25, 0.3) is 126 Å². The molecule has 64 heavy (non-hydrogen) atoms. The summed E-state index contributed by atoms with van der Waals surface area (Å²) >= 11 is 1.60. The normalized spacial score (nSPS) is 15.6. The smallest absolute Gasteiger partial charge is 0.240 e. The average Bonchev–Trinajstić information content (AvgIpc) is 4.33. The van der Waals surface area contributed by atoms with E-state index in [9.17, 15) is 11.0 Å². The van der Waals surface area contributed by atoms with Crippen LogP contribution in [-0.2, 0) is 0 Å². The van der Waals surface area contributed by atoms with Gasteiger partial charge in [0.25, 0.3) is 0 Å². The molecule has 0 aliphatic rings. The molecule has 0 saturated heterocycles. The Labute approximate surface area is 392 Å². The number of rotatable bonds is 5. The van der Waals surface area contributed by atoms with Crippen molar-refractivity contribution in [3.8, 4) is 40.1 Å². The molecule has 9 aromatic carbocycles. The molecule has 5 heterocycles. The molecule has 0 unspecified atom stereocenters. The van der Waals surface area contributed by atoms with E-state index in [-0.39, 0.29) is 49.4 Å². The molecule has 14 rings (SSSR count). The van der Waals surface area contributed by atoms with Crippen molar-refractivity contribution in [1.29, 1.82) is 0 Å². The Kier molecular flexibility index (Phi) is 4.91. The summed E-state index contributed by atoms with van der Waals surface area (Å²) in [6.45, 7) is 0. The van der Waals surface area contributed by atoms with Gasteiger partial charge in [-0.25, -0.2) is 0 Å². The number of hydrogen-bond donors (Lipinski definition) is 0. The van der Waals surface area contributed by atoms with Gasteiger partial charge in [-0.05, 0) is 65.6 Å². The number of nitrogens with zero attached hydrogens (tertiary/aromatic N) is 6. The minimum Gasteiger partial charge on any atom is -0.308 e. The first-order valence-corrected chi connectivity index (χ1v) is 21.0. The zero-order valence-electron chi connectivity index (χ0n) is 49.0. The number of hydrogen-bond acceptors (Lipinski definition) is 4. The molecule has 0 N–H and O–H groups in total. The second-order valence-corrected chi connectivity index (χ2v) is 16.3. The molecular formula is C57H34N6S. The second-order valence-electron chi connectivity index (χ2n) is 15.2. The molecule has 14 aromatic rings. The molecular weight excluding hydrogens is 801 g/mol. The quantitative estimate of drug-likeness (QED) is 0.173. The van der Waals surface area contributed by atoms with Crippen molar-refractivity contribution >= 4 is 96.9 Å². The second kappa shape index (κ2) is 13.6. The Balaban J connectivity index is 1.23. The highest BCUT2D eigenvalue weighted by atomic mass is 32.1. The number of para-hydroxylation sites is 6. The van der Waals surface area contributed by atoms with Gasteiger partial charge in [0.2, 0.25) is 11.9 Å². The van der Waals surface area contributed by atoms with Crippen LogP contribution in [0.1, 0.15) is 21.9 Å². The average molecular weight is 851 g/mol. The van der Waals surface area contributed by atoms with Gasteiger partial charge in [0.15, 0.2) is 5.82 Å². The SMILES string of the molecule is [2H]c1c([2H])c([2H])c2c(c1[2H])c1c([2H])c([2H])c([2H])c([2H])c1n2-c1nc(-c2c(-c3ccc4c(c3)sc3ccccc34)cccc2-n2c3ccccc3c3ccccc32)nc(-n2c3c([2H])c([2H])c([2H])c([2H])c3c3c([2H])c([2H])c([2H])c([2H])c32)n1. The Morgan fingerprint density at radius 2 is 0.859 bits per heavy atom. The number of aromatic nitrogens is 6. The molecule has 0 saturated carbocycles. The van der Waals surface area contributed by atoms with Crippen LogP contribution in [0.15, 0.2) is 206 Å². The van der Waals surface area contributed by atoms with Crippen LogP contribution in [0.4, 0.5) is 0 Å². The summed E-state index contributed by atoms with van der Waals surface area (Å²) in [5.41, 5.74) is 2.33. The molecule has 0 aliphatic heterocycles. The summed E-state index contributed by atoms with van der Waals surface area (Å²) in [7, 11) is 0. The maximum absolute atomic E-state index is 9.47. The van der Waals surface area contributed by atoms with Crippen molar-refractivity contribution in [2.45, 2.75) is 0 Å². The van der Waals surface area contributed by atoms with Crippen LogP contribution >= 0.6 is 11.3 Å². The van der Waals surface area contributed by atoms with Gasteiger partial charge in [0, 0.05) is 52.5 Å². The first kappa shape index (κ1) is 23.2. The predicted molar refractivity (Wildman–Crippen MR) is 267 cm³/mol. The molecule has 6 nitrogen and oxygen atoms in total. The minimum absolute atomic E-state index is 0.165. The fraction of sp³-hybridized carbons (Fsp3) is 0. The fourth-order valence-corrected chi connectivity index (χ4v) is 10.3. The lowest BCUT2D eigenvalue weighted by atomic mass is 9.96. The van der Waals surface area contributed by atoms with Crippen molar-refractivity contribution in [1.82, 2.24) is 28.7 Å². The zero-order chi connectivity index (χ0) is 55.8. The van der Waals surface area contributed by atoms with Crippen molar-refractivity contribution in [3.63, 3.8) is 0 Å². The van der Waals surface area contributed by atoms with E-state index in [0.717, 1.165) is 51.1 Å². The first-order chi connectivity index (χ1) is 38.4. The largest absolute Gasteiger partial charge is 0.308 e. The molecule has 0 bridgehead atoms. The molecule has 7 heteroatoms. The van der Waals surface area contributed by atoms with Crippen LogP contribution in [0.5, 0.6) is 0 Å². The lowest BCUT2D eigenvalue weighted by molar-refractivity contribution is 0.892. The van der Waals surface area contributed by atoms with Crippen molar-refractivity contribution in [3.05, 3.63) is 206 Å².